The molecule has 0 fully saturated rings. The summed E-state index contributed by atoms with van der Waals surface area (Å²) in [5.41, 5.74) is 9.36. The van der Waals surface area contributed by atoms with E-state index in [9.17, 15) is 18.8 Å². The second-order valence-corrected chi connectivity index (χ2v) is 17.8. The summed E-state index contributed by atoms with van der Waals surface area (Å²) in [6, 6.07) is 44.4. The Kier molecular flexibility index (Phi) is 16.0. The Balaban J connectivity index is 0.000000151. The first-order chi connectivity index (χ1) is 32.7. The van der Waals surface area contributed by atoms with Crippen LogP contribution in [0.3, 0.4) is 0 Å². The summed E-state index contributed by atoms with van der Waals surface area (Å²) in [4.78, 5) is 49.0. The van der Waals surface area contributed by atoms with Crippen molar-refractivity contribution in [3.05, 3.63) is 224 Å². The van der Waals surface area contributed by atoms with Crippen LogP contribution in [0.2, 0.25) is 20.5 Å². The molecule has 9 nitrogen and oxygen atoms in total. The fraction of sp³-hybridized carbons (Fsp3) is 0.111. The minimum Gasteiger partial charge on any atom is -0.322 e. The van der Waals surface area contributed by atoms with Crippen LogP contribution in [0.4, 0.5) is 21.5 Å². The number of fused-ring (bicyclic) bond motifs is 1. The summed E-state index contributed by atoms with van der Waals surface area (Å²) in [6.07, 6.45) is 5.72. The van der Waals surface area contributed by atoms with Crippen LogP contribution in [0.5, 0.6) is 0 Å². The Labute approximate surface area is 413 Å². The highest BCUT2D eigenvalue weighted by Gasteiger charge is 2.36. The maximum Gasteiger partial charge on any atom is 0.258 e. The van der Waals surface area contributed by atoms with E-state index >= 15 is 0 Å². The highest BCUT2D eigenvalue weighted by atomic mass is 35.5. The number of carbonyl (C=O) groups excluding carboxylic acids is 3. The van der Waals surface area contributed by atoms with Gasteiger partial charge in [-0.15, -0.1) is 0 Å². The number of nitrogens with one attached hydrogen (secondary N) is 3. The summed E-state index contributed by atoms with van der Waals surface area (Å²) >= 11 is 23.9. The molecule has 1 aliphatic carbocycles. The van der Waals surface area contributed by atoms with Crippen molar-refractivity contribution in [2.75, 3.05) is 16.0 Å². The van der Waals surface area contributed by atoms with E-state index in [1.165, 1.54) is 29.5 Å². The summed E-state index contributed by atoms with van der Waals surface area (Å²) in [6.45, 7) is 6.71. The van der Waals surface area contributed by atoms with Crippen molar-refractivity contribution in [2.45, 2.75) is 38.5 Å². The molecular weight excluding hydrogens is 941 g/mol. The average molecular weight is 985 g/mol. The minimum atomic E-state index is -0.349. The largest absolute Gasteiger partial charge is 0.322 e. The van der Waals surface area contributed by atoms with Crippen molar-refractivity contribution in [2.24, 2.45) is 0 Å². The summed E-state index contributed by atoms with van der Waals surface area (Å²) in [7, 11) is 0. The summed E-state index contributed by atoms with van der Waals surface area (Å²) in [5.74, 6) is -0.756. The lowest BCUT2D eigenvalue weighted by Crippen LogP contribution is -2.15. The third-order valence-electron chi connectivity index (χ3n) is 11.1. The van der Waals surface area contributed by atoms with E-state index in [2.05, 4.69) is 57.7 Å². The molecule has 342 valence electrons. The number of anilines is 3. The van der Waals surface area contributed by atoms with Crippen LogP contribution in [0.25, 0.3) is 22.3 Å². The molecule has 0 saturated carbocycles. The van der Waals surface area contributed by atoms with Gasteiger partial charge in [0.25, 0.3) is 17.7 Å². The van der Waals surface area contributed by atoms with Gasteiger partial charge in [0.15, 0.2) is 0 Å². The zero-order valence-corrected chi connectivity index (χ0v) is 39.9. The quantitative estimate of drug-likeness (QED) is 0.130. The molecule has 8 aromatic rings. The standard InChI is InChI=1S/C18H12Cl2N2O.C18H12ClFN2O.C18H19ClN2O/c19-13-9-7-12(8-10-13)14-4-1-2-6-16(14)22-18(23)15-5-3-11-21-17(15)20;19-17-15(5-3-11-21-17)18(23)22-16-6-2-1-4-14(16)12-7-9-13(20)10-8-12;1-11-10-18(2,3)13-7-4-8-14(15(11)13)21-17(22)12-6-5-9-20-16(12)19/h2*1-11H,(H,22,23);4-9,11H,10H2,1-3H3,(H,21,22). The molecule has 0 saturated heterocycles. The average Bonchev–Trinajstić information content (AvgIpc) is 3.58. The van der Waals surface area contributed by atoms with Crippen molar-refractivity contribution in [3.8, 4) is 22.3 Å². The first-order valence-electron chi connectivity index (χ1n) is 21.3. The Morgan fingerprint density at radius 2 is 0.912 bits per heavy atom. The van der Waals surface area contributed by atoms with Gasteiger partial charge in [0, 0.05) is 51.8 Å². The number of aromatic nitrogens is 3. The van der Waals surface area contributed by atoms with Crippen LogP contribution >= 0.6 is 46.4 Å². The molecule has 0 spiro atoms. The normalized spacial score (nSPS) is 13.1. The molecule has 14 heteroatoms. The van der Waals surface area contributed by atoms with Crippen LogP contribution in [-0.4, -0.2) is 32.7 Å². The first kappa shape index (κ1) is 49.0. The number of hydrogen-bond acceptors (Lipinski definition) is 6. The predicted octanol–water partition coefficient (Wildman–Crippen LogP) is 14.9. The number of hydrogen-bond donors (Lipinski definition) is 3. The molecule has 0 bridgehead atoms. The van der Waals surface area contributed by atoms with E-state index in [1.807, 2.05) is 78.9 Å². The van der Waals surface area contributed by atoms with Gasteiger partial charge in [-0.05, 0) is 119 Å². The van der Waals surface area contributed by atoms with Crippen molar-refractivity contribution in [3.63, 3.8) is 0 Å². The van der Waals surface area contributed by atoms with E-state index in [0.29, 0.717) is 39.0 Å². The molecular formula is C54H43Cl4FN6O3. The van der Waals surface area contributed by atoms with Crippen LogP contribution in [0.1, 0.15) is 75.3 Å². The van der Waals surface area contributed by atoms with Crippen molar-refractivity contribution in [1.82, 2.24) is 15.0 Å². The van der Waals surface area contributed by atoms with Gasteiger partial charge >= 0.3 is 0 Å². The van der Waals surface area contributed by atoms with E-state index in [0.717, 1.165) is 34.4 Å². The molecule has 1 atom stereocenters. The third-order valence-corrected chi connectivity index (χ3v) is 12.2. The topological polar surface area (TPSA) is 126 Å². The maximum atomic E-state index is 13.1. The van der Waals surface area contributed by atoms with Crippen molar-refractivity contribution < 1.29 is 18.8 Å². The monoisotopic (exact) mass is 982 g/mol. The Morgan fingerprint density at radius 1 is 0.515 bits per heavy atom. The van der Waals surface area contributed by atoms with Crippen molar-refractivity contribution in [1.29, 1.82) is 0 Å². The third kappa shape index (κ3) is 11.9. The zero-order chi connectivity index (χ0) is 48.4. The molecule has 3 amide bonds. The summed E-state index contributed by atoms with van der Waals surface area (Å²) < 4.78 is 13.1. The Bertz CT molecular complexity index is 2950. The molecule has 3 N–H and O–H groups in total. The number of nitrogens with zero attached hydrogens (tertiary/aromatic N) is 3. The lowest BCUT2D eigenvalue weighted by atomic mass is 9.86. The molecule has 0 radical (unpaired) electrons. The molecule has 68 heavy (non-hydrogen) atoms. The van der Waals surface area contributed by atoms with E-state index in [4.69, 9.17) is 46.4 Å². The van der Waals surface area contributed by atoms with Crippen LogP contribution < -0.4 is 16.0 Å². The van der Waals surface area contributed by atoms with Gasteiger partial charge in [-0.1, -0.05) is 140 Å². The van der Waals surface area contributed by atoms with Gasteiger partial charge in [-0.3, -0.25) is 14.4 Å². The lowest BCUT2D eigenvalue weighted by molar-refractivity contribution is 0.101. The maximum absolute atomic E-state index is 13.1. The molecule has 3 heterocycles. The fourth-order valence-electron chi connectivity index (χ4n) is 7.95. The second-order valence-electron chi connectivity index (χ2n) is 16.2. The number of pyridine rings is 3. The molecule has 5 aromatic carbocycles. The molecule has 0 aliphatic heterocycles. The van der Waals surface area contributed by atoms with Crippen LogP contribution in [-0.2, 0) is 5.41 Å². The smallest absolute Gasteiger partial charge is 0.258 e. The number of carbonyl (C=O) groups is 3. The first-order valence-corrected chi connectivity index (χ1v) is 22.8. The van der Waals surface area contributed by atoms with Crippen LogP contribution in [0, 0.1) is 5.82 Å². The zero-order valence-electron chi connectivity index (χ0n) is 36.9. The van der Waals surface area contributed by atoms with Gasteiger partial charge in [-0.2, -0.15) is 0 Å². The minimum absolute atomic E-state index is 0.140. The highest BCUT2D eigenvalue weighted by molar-refractivity contribution is 6.34. The summed E-state index contributed by atoms with van der Waals surface area (Å²) in [5, 5.41) is 9.92. The number of rotatable bonds is 8. The number of benzene rings is 5. The molecule has 9 rings (SSSR count). The lowest BCUT2D eigenvalue weighted by Gasteiger charge is -2.19. The SMILES string of the molecule is CC1CC(C)(C)c2cccc(NC(=O)c3cccnc3Cl)c21.O=C(Nc1ccccc1-c1ccc(Cl)cc1)c1cccnc1Cl.O=C(Nc1ccccc1-c1ccc(F)cc1)c1cccnc1Cl. The molecule has 1 aliphatic rings. The number of para-hydroxylation sites is 2. The Morgan fingerprint density at radius 3 is 1.35 bits per heavy atom. The van der Waals surface area contributed by atoms with E-state index < -0.39 is 0 Å². The molecule has 1 unspecified atom stereocenters. The van der Waals surface area contributed by atoms with Gasteiger partial charge in [0.1, 0.15) is 21.3 Å². The predicted molar refractivity (Wildman–Crippen MR) is 273 cm³/mol. The van der Waals surface area contributed by atoms with Gasteiger partial charge in [0.05, 0.1) is 16.7 Å². The van der Waals surface area contributed by atoms with Gasteiger partial charge in [-0.25, -0.2) is 19.3 Å². The van der Waals surface area contributed by atoms with Gasteiger partial charge in [0.2, 0.25) is 0 Å². The highest BCUT2D eigenvalue weighted by Crippen LogP contribution is 2.48. The van der Waals surface area contributed by atoms with E-state index in [-0.39, 0.29) is 44.4 Å². The second kappa shape index (κ2) is 22.2. The van der Waals surface area contributed by atoms with E-state index in [1.54, 1.807) is 67.0 Å². The van der Waals surface area contributed by atoms with Crippen molar-refractivity contribution >= 4 is 81.2 Å². The number of amides is 3. The van der Waals surface area contributed by atoms with Gasteiger partial charge < -0.3 is 16.0 Å². The Hall–Kier alpha value is -6.95. The number of halogens is 5. The molecule has 3 aromatic heterocycles. The van der Waals surface area contributed by atoms with Crippen LogP contribution in [0.15, 0.2) is 170 Å². The fourth-order valence-corrected chi connectivity index (χ4v) is 8.70.